The number of alkyl halides is 6. The van der Waals surface area contributed by atoms with Crippen molar-refractivity contribution in [1.82, 2.24) is 0 Å². The normalized spacial score (nSPS) is 29.2. The van der Waals surface area contributed by atoms with Crippen molar-refractivity contribution in [2.75, 3.05) is 0 Å². The molecule has 3 saturated carbocycles. The molecular formula is C26H22F6O4. The number of ether oxygens (including phenoxy) is 2. The molecule has 0 heterocycles. The highest BCUT2D eigenvalue weighted by Gasteiger charge is 2.62. The third kappa shape index (κ3) is 4.46. The summed E-state index contributed by atoms with van der Waals surface area (Å²) in [5, 5.41) is 0. The predicted molar refractivity (Wildman–Crippen MR) is 114 cm³/mol. The molecule has 6 atom stereocenters. The lowest BCUT2D eigenvalue weighted by Gasteiger charge is -2.37. The summed E-state index contributed by atoms with van der Waals surface area (Å²) in [6.45, 7) is 0. The number of fused-ring (bicyclic) bond motifs is 5. The summed E-state index contributed by atoms with van der Waals surface area (Å²) in [6.07, 6.45) is -7.63. The SMILES string of the molecule is O=C(OC1C2CC(C3CCCC32)C1OC(=O)c1cccc(C(F)(F)F)c1)c1cccc(C(F)(F)F)c1. The van der Waals surface area contributed by atoms with E-state index in [1.54, 1.807) is 0 Å². The number of rotatable bonds is 4. The largest absolute Gasteiger partial charge is 0.455 e. The molecule has 0 saturated heterocycles. The second kappa shape index (κ2) is 8.81. The minimum Gasteiger partial charge on any atom is -0.455 e. The van der Waals surface area contributed by atoms with E-state index in [1.807, 2.05) is 0 Å². The predicted octanol–water partition coefficient (Wildman–Crippen LogP) is 6.54. The Kier molecular flexibility index (Phi) is 6.03. The van der Waals surface area contributed by atoms with Gasteiger partial charge in [0.05, 0.1) is 22.3 Å². The topological polar surface area (TPSA) is 52.6 Å². The van der Waals surface area contributed by atoms with Crippen molar-refractivity contribution in [3.05, 3.63) is 70.8 Å². The highest BCUT2D eigenvalue weighted by Crippen LogP contribution is 2.60. The fourth-order valence-corrected chi connectivity index (χ4v) is 6.32. The summed E-state index contributed by atoms with van der Waals surface area (Å²) in [5.41, 5.74) is -2.54. The molecule has 5 rings (SSSR count). The second-order valence-electron chi connectivity index (χ2n) is 9.72. The van der Waals surface area contributed by atoms with Crippen molar-refractivity contribution < 1.29 is 45.4 Å². The van der Waals surface area contributed by atoms with E-state index in [0.717, 1.165) is 43.5 Å². The molecule has 0 N–H and O–H groups in total. The number of carbonyl (C=O) groups excluding carboxylic acids is 2. The van der Waals surface area contributed by atoms with Gasteiger partial charge in [0.25, 0.3) is 0 Å². The fraction of sp³-hybridized carbons (Fsp3) is 0.462. The summed E-state index contributed by atoms with van der Waals surface area (Å²) in [7, 11) is 0. The Balaban J connectivity index is 1.38. The van der Waals surface area contributed by atoms with Crippen LogP contribution in [0.3, 0.4) is 0 Å². The van der Waals surface area contributed by atoms with E-state index in [9.17, 15) is 35.9 Å². The molecule has 0 aromatic heterocycles. The van der Waals surface area contributed by atoms with E-state index < -0.39 is 47.6 Å². The van der Waals surface area contributed by atoms with Crippen LogP contribution in [0, 0.1) is 23.7 Å². The minimum atomic E-state index is -4.64. The molecule has 2 aromatic carbocycles. The van der Waals surface area contributed by atoms with E-state index in [2.05, 4.69) is 0 Å². The number of benzene rings is 2. The van der Waals surface area contributed by atoms with Gasteiger partial charge in [-0.15, -0.1) is 0 Å². The van der Waals surface area contributed by atoms with Gasteiger partial charge in [0.1, 0.15) is 12.2 Å². The van der Waals surface area contributed by atoms with Gasteiger partial charge in [0, 0.05) is 11.8 Å². The molecule has 3 fully saturated rings. The molecular weight excluding hydrogens is 490 g/mol. The lowest BCUT2D eigenvalue weighted by molar-refractivity contribution is -0.138. The van der Waals surface area contributed by atoms with Crippen molar-refractivity contribution in [3.8, 4) is 0 Å². The van der Waals surface area contributed by atoms with Gasteiger partial charge in [0.15, 0.2) is 0 Å². The van der Waals surface area contributed by atoms with Crippen LogP contribution < -0.4 is 0 Å². The number of esters is 2. The molecule has 10 heteroatoms. The molecule has 0 amide bonds. The van der Waals surface area contributed by atoms with Gasteiger partial charge in [0.2, 0.25) is 0 Å². The van der Waals surface area contributed by atoms with Crippen LogP contribution in [0.1, 0.15) is 57.5 Å². The number of hydrogen-bond acceptors (Lipinski definition) is 4. The van der Waals surface area contributed by atoms with Gasteiger partial charge < -0.3 is 9.47 Å². The number of carbonyl (C=O) groups is 2. The zero-order valence-electron chi connectivity index (χ0n) is 18.8. The Labute approximate surface area is 202 Å². The Morgan fingerprint density at radius 3 is 1.47 bits per heavy atom. The smallest absolute Gasteiger partial charge is 0.416 e. The van der Waals surface area contributed by atoms with Crippen molar-refractivity contribution in [1.29, 1.82) is 0 Å². The summed E-state index contributed by atoms with van der Waals surface area (Å²) < 4.78 is 89.9. The van der Waals surface area contributed by atoms with Gasteiger partial charge in [-0.3, -0.25) is 0 Å². The first-order valence-electron chi connectivity index (χ1n) is 11.7. The van der Waals surface area contributed by atoms with Gasteiger partial charge in [-0.25, -0.2) is 9.59 Å². The molecule has 6 unspecified atom stereocenters. The quantitative estimate of drug-likeness (QED) is 0.345. The molecule has 3 aliphatic carbocycles. The van der Waals surface area contributed by atoms with Crippen LogP contribution >= 0.6 is 0 Å². The highest BCUT2D eigenvalue weighted by molar-refractivity contribution is 5.90. The Hall–Kier alpha value is -3.04. The Morgan fingerprint density at radius 1 is 0.667 bits per heavy atom. The van der Waals surface area contributed by atoms with E-state index >= 15 is 0 Å². The van der Waals surface area contributed by atoms with Crippen molar-refractivity contribution in [2.45, 2.75) is 50.2 Å². The average molecular weight is 512 g/mol. The van der Waals surface area contributed by atoms with Crippen LogP contribution in [0.2, 0.25) is 0 Å². The van der Waals surface area contributed by atoms with Gasteiger partial charge in [-0.05, 0) is 67.5 Å². The lowest BCUT2D eigenvalue weighted by atomic mass is 9.78. The van der Waals surface area contributed by atoms with Gasteiger partial charge in [-0.1, -0.05) is 18.6 Å². The third-order valence-electron chi connectivity index (χ3n) is 7.77. The van der Waals surface area contributed by atoms with Crippen LogP contribution in [0.4, 0.5) is 26.3 Å². The number of halogens is 6. The average Bonchev–Trinajstić information content (AvgIpc) is 3.52. The van der Waals surface area contributed by atoms with E-state index in [1.165, 1.54) is 12.1 Å². The van der Waals surface area contributed by atoms with E-state index in [-0.39, 0.29) is 34.8 Å². The van der Waals surface area contributed by atoms with Crippen molar-refractivity contribution in [2.24, 2.45) is 23.7 Å². The summed E-state index contributed by atoms with van der Waals surface area (Å²) >= 11 is 0. The zero-order chi connectivity index (χ0) is 25.8. The fourth-order valence-electron chi connectivity index (χ4n) is 6.32. The molecule has 0 radical (unpaired) electrons. The van der Waals surface area contributed by atoms with Crippen LogP contribution in [0.5, 0.6) is 0 Å². The van der Waals surface area contributed by atoms with Crippen LogP contribution in [0.25, 0.3) is 0 Å². The molecule has 3 aliphatic rings. The molecule has 4 nitrogen and oxygen atoms in total. The van der Waals surface area contributed by atoms with E-state index in [4.69, 9.17) is 9.47 Å². The van der Waals surface area contributed by atoms with E-state index in [0.29, 0.717) is 18.6 Å². The molecule has 2 aromatic rings. The third-order valence-corrected chi connectivity index (χ3v) is 7.77. The van der Waals surface area contributed by atoms with Crippen molar-refractivity contribution in [3.63, 3.8) is 0 Å². The maximum Gasteiger partial charge on any atom is 0.416 e. The van der Waals surface area contributed by atoms with Crippen LogP contribution in [-0.4, -0.2) is 24.1 Å². The second-order valence-corrected chi connectivity index (χ2v) is 9.72. The maximum atomic E-state index is 13.1. The van der Waals surface area contributed by atoms with Gasteiger partial charge in [-0.2, -0.15) is 26.3 Å². The minimum absolute atomic E-state index is 0.128. The maximum absolute atomic E-state index is 13.1. The Bertz CT molecular complexity index is 1080. The summed E-state index contributed by atoms with van der Waals surface area (Å²) in [6, 6.07) is 7.75. The number of hydrogen-bond donors (Lipinski definition) is 0. The van der Waals surface area contributed by atoms with Gasteiger partial charge >= 0.3 is 24.3 Å². The molecule has 192 valence electrons. The zero-order valence-corrected chi connectivity index (χ0v) is 18.8. The molecule has 36 heavy (non-hydrogen) atoms. The summed E-state index contributed by atoms with van der Waals surface area (Å²) in [4.78, 5) is 25.7. The molecule has 0 spiro atoms. The summed E-state index contributed by atoms with van der Waals surface area (Å²) in [5.74, 6) is -1.69. The first-order chi connectivity index (χ1) is 16.9. The first-order valence-corrected chi connectivity index (χ1v) is 11.7. The van der Waals surface area contributed by atoms with Crippen LogP contribution in [0.15, 0.2) is 48.5 Å². The standard InChI is InChI=1S/C26H22F6O4/c27-25(28,29)15-6-1-4-13(10-15)23(33)35-21-19-12-20(18-9-3-8-17(18)19)22(21)36-24(34)14-5-2-7-16(11-14)26(30,31)32/h1-2,4-7,10-11,17-22H,3,8-9,12H2. The molecule has 0 aliphatic heterocycles. The Morgan fingerprint density at radius 2 is 1.08 bits per heavy atom. The first kappa shape index (κ1) is 24.6. The monoisotopic (exact) mass is 512 g/mol. The highest BCUT2D eigenvalue weighted by atomic mass is 19.4. The molecule has 2 bridgehead atoms. The van der Waals surface area contributed by atoms with Crippen LogP contribution in [-0.2, 0) is 21.8 Å². The lowest BCUT2D eigenvalue weighted by Crippen LogP contribution is -2.45. The van der Waals surface area contributed by atoms with Crippen molar-refractivity contribution >= 4 is 11.9 Å².